The van der Waals surface area contributed by atoms with Crippen molar-refractivity contribution in [3.8, 4) is 0 Å². The first-order valence-corrected chi connectivity index (χ1v) is 6.91. The Morgan fingerprint density at radius 2 is 2.16 bits per heavy atom. The number of ether oxygens (including phenoxy) is 1. The molecule has 0 amide bonds. The average Bonchev–Trinajstić information content (AvgIpc) is 2.37. The Kier molecular flexibility index (Phi) is 4.36. The van der Waals surface area contributed by atoms with Crippen LogP contribution in [0.25, 0.3) is 0 Å². The predicted molar refractivity (Wildman–Crippen MR) is 73.3 cm³/mol. The van der Waals surface area contributed by atoms with Crippen molar-refractivity contribution in [1.29, 1.82) is 0 Å². The third-order valence-corrected chi connectivity index (χ3v) is 4.22. The number of halogens is 1. The van der Waals surface area contributed by atoms with Gasteiger partial charge in [-0.3, -0.25) is 14.9 Å². The van der Waals surface area contributed by atoms with Crippen LogP contribution in [0.15, 0.2) is 15.5 Å². The van der Waals surface area contributed by atoms with E-state index in [9.17, 15) is 14.9 Å². The third-order valence-electron chi connectivity index (χ3n) is 3.42. The molecule has 7 heteroatoms. The summed E-state index contributed by atoms with van der Waals surface area (Å²) in [7, 11) is 0. The molecule has 19 heavy (non-hydrogen) atoms. The molecular formula is C12H15BrN2O4. The van der Waals surface area contributed by atoms with Gasteiger partial charge in [0.05, 0.1) is 4.92 Å². The standard InChI is InChI=1S/C12H15BrN2O4/c1-8-10(13)7-14(12(16)11(8)15(17)18)6-9-2-4-19-5-3-9/h7,9H,2-6H2,1H3. The first-order chi connectivity index (χ1) is 9.00. The number of hydrogen-bond donors (Lipinski definition) is 0. The Hall–Kier alpha value is -1.21. The SMILES string of the molecule is Cc1c(Br)cn(CC2CCOCC2)c(=O)c1[N+](=O)[O-]. The lowest BCUT2D eigenvalue weighted by molar-refractivity contribution is -0.387. The molecule has 1 fully saturated rings. The molecule has 0 radical (unpaired) electrons. The minimum Gasteiger partial charge on any atom is -0.381 e. The van der Waals surface area contributed by atoms with Gasteiger partial charge in [0.25, 0.3) is 0 Å². The van der Waals surface area contributed by atoms with Crippen LogP contribution in [-0.2, 0) is 11.3 Å². The second kappa shape index (κ2) is 5.83. The van der Waals surface area contributed by atoms with Crippen LogP contribution >= 0.6 is 15.9 Å². The molecule has 2 heterocycles. The van der Waals surface area contributed by atoms with Crippen LogP contribution in [0.1, 0.15) is 18.4 Å². The molecule has 1 aliphatic heterocycles. The molecule has 1 aromatic heterocycles. The quantitative estimate of drug-likeness (QED) is 0.629. The fourth-order valence-electron chi connectivity index (χ4n) is 2.26. The van der Waals surface area contributed by atoms with Gasteiger partial charge >= 0.3 is 11.2 Å². The van der Waals surface area contributed by atoms with E-state index in [-0.39, 0.29) is 5.69 Å². The highest BCUT2D eigenvalue weighted by atomic mass is 79.9. The molecule has 0 aromatic carbocycles. The number of nitrogens with zero attached hydrogens (tertiary/aromatic N) is 2. The number of aromatic nitrogens is 1. The van der Waals surface area contributed by atoms with Crippen LogP contribution in [0.2, 0.25) is 0 Å². The zero-order valence-corrected chi connectivity index (χ0v) is 12.2. The summed E-state index contributed by atoms with van der Waals surface area (Å²) in [5.41, 5.74) is -0.503. The van der Waals surface area contributed by atoms with E-state index in [4.69, 9.17) is 4.74 Å². The maximum absolute atomic E-state index is 12.1. The van der Waals surface area contributed by atoms with E-state index < -0.39 is 10.5 Å². The largest absolute Gasteiger partial charge is 0.381 e. The van der Waals surface area contributed by atoms with E-state index in [1.165, 1.54) is 4.57 Å². The van der Waals surface area contributed by atoms with Gasteiger partial charge in [-0.25, -0.2) is 0 Å². The molecule has 1 aliphatic rings. The molecule has 0 saturated carbocycles. The Bertz CT molecular complexity index is 549. The lowest BCUT2D eigenvalue weighted by Crippen LogP contribution is -2.29. The van der Waals surface area contributed by atoms with Crippen LogP contribution in [0, 0.1) is 23.0 Å². The van der Waals surface area contributed by atoms with E-state index in [0.717, 1.165) is 12.8 Å². The summed E-state index contributed by atoms with van der Waals surface area (Å²) in [6.07, 6.45) is 3.40. The second-order valence-corrected chi connectivity index (χ2v) is 5.58. The van der Waals surface area contributed by atoms with Gasteiger partial charge in [0.2, 0.25) is 0 Å². The Balaban J connectivity index is 2.35. The van der Waals surface area contributed by atoms with E-state index in [1.54, 1.807) is 13.1 Å². The van der Waals surface area contributed by atoms with Gasteiger partial charge in [0.1, 0.15) is 0 Å². The Morgan fingerprint density at radius 3 is 2.74 bits per heavy atom. The first kappa shape index (κ1) is 14.2. The van der Waals surface area contributed by atoms with Crippen LogP contribution in [-0.4, -0.2) is 22.7 Å². The number of nitro groups is 1. The summed E-state index contributed by atoms with van der Waals surface area (Å²) in [6, 6.07) is 0. The second-order valence-electron chi connectivity index (χ2n) is 4.72. The van der Waals surface area contributed by atoms with Crippen LogP contribution in [0.5, 0.6) is 0 Å². The molecule has 104 valence electrons. The van der Waals surface area contributed by atoms with Crippen molar-refractivity contribution >= 4 is 21.6 Å². The van der Waals surface area contributed by atoms with Crippen molar-refractivity contribution in [3.05, 3.63) is 36.7 Å². The molecule has 0 atom stereocenters. The van der Waals surface area contributed by atoms with Crippen molar-refractivity contribution in [2.45, 2.75) is 26.3 Å². The van der Waals surface area contributed by atoms with Crippen molar-refractivity contribution in [2.75, 3.05) is 13.2 Å². The van der Waals surface area contributed by atoms with E-state index in [0.29, 0.717) is 35.7 Å². The van der Waals surface area contributed by atoms with E-state index >= 15 is 0 Å². The highest BCUT2D eigenvalue weighted by Crippen LogP contribution is 2.23. The highest BCUT2D eigenvalue weighted by Gasteiger charge is 2.23. The summed E-state index contributed by atoms with van der Waals surface area (Å²) < 4.78 is 7.29. The average molecular weight is 331 g/mol. The van der Waals surface area contributed by atoms with Gasteiger partial charge in [-0.1, -0.05) is 0 Å². The third kappa shape index (κ3) is 3.03. The maximum atomic E-state index is 12.1. The Morgan fingerprint density at radius 1 is 1.53 bits per heavy atom. The van der Waals surface area contributed by atoms with Crippen molar-refractivity contribution in [2.24, 2.45) is 5.92 Å². The topological polar surface area (TPSA) is 74.4 Å². The molecule has 0 bridgehead atoms. The fourth-order valence-corrected chi connectivity index (χ4v) is 2.69. The molecule has 2 rings (SSSR count). The summed E-state index contributed by atoms with van der Waals surface area (Å²) >= 11 is 3.28. The van der Waals surface area contributed by atoms with Gasteiger partial charge in [-0.2, -0.15) is 0 Å². The predicted octanol–water partition coefficient (Wildman–Crippen LogP) is 2.25. The minimum absolute atomic E-state index is 0.334. The zero-order valence-electron chi connectivity index (χ0n) is 10.6. The van der Waals surface area contributed by atoms with E-state index in [2.05, 4.69) is 15.9 Å². The maximum Gasteiger partial charge on any atom is 0.338 e. The van der Waals surface area contributed by atoms with E-state index in [1.807, 2.05) is 0 Å². The van der Waals surface area contributed by atoms with Gasteiger partial charge in [-0.15, -0.1) is 0 Å². The van der Waals surface area contributed by atoms with Gasteiger partial charge < -0.3 is 9.30 Å². The van der Waals surface area contributed by atoms with Gasteiger partial charge in [-0.05, 0) is 41.6 Å². The van der Waals surface area contributed by atoms with Crippen LogP contribution in [0.3, 0.4) is 0 Å². The minimum atomic E-state index is -0.608. The smallest absolute Gasteiger partial charge is 0.338 e. The molecule has 6 nitrogen and oxygen atoms in total. The Labute approximate surface area is 118 Å². The monoisotopic (exact) mass is 330 g/mol. The van der Waals surface area contributed by atoms with Crippen molar-refractivity contribution in [3.63, 3.8) is 0 Å². The van der Waals surface area contributed by atoms with Crippen molar-refractivity contribution < 1.29 is 9.66 Å². The van der Waals surface area contributed by atoms with Crippen LogP contribution < -0.4 is 5.56 Å². The molecule has 0 spiro atoms. The molecule has 1 saturated heterocycles. The fraction of sp³-hybridized carbons (Fsp3) is 0.583. The molecule has 0 N–H and O–H groups in total. The number of hydrogen-bond acceptors (Lipinski definition) is 4. The zero-order chi connectivity index (χ0) is 14.0. The molecular weight excluding hydrogens is 316 g/mol. The highest BCUT2D eigenvalue weighted by molar-refractivity contribution is 9.10. The van der Waals surface area contributed by atoms with Gasteiger partial charge in [0.15, 0.2) is 0 Å². The molecule has 0 unspecified atom stereocenters. The normalized spacial score (nSPS) is 16.5. The lowest BCUT2D eigenvalue weighted by atomic mass is 10.0. The van der Waals surface area contributed by atoms with Crippen molar-refractivity contribution in [1.82, 2.24) is 4.57 Å². The number of rotatable bonds is 3. The summed E-state index contributed by atoms with van der Waals surface area (Å²) in [6.45, 7) is 3.45. The lowest BCUT2D eigenvalue weighted by Gasteiger charge is -2.22. The number of pyridine rings is 1. The van der Waals surface area contributed by atoms with Gasteiger partial charge in [0, 0.05) is 36.0 Å². The molecule has 1 aromatic rings. The first-order valence-electron chi connectivity index (χ1n) is 6.12. The summed E-state index contributed by atoms with van der Waals surface area (Å²) in [5, 5.41) is 11.0. The van der Waals surface area contributed by atoms with Crippen LogP contribution in [0.4, 0.5) is 5.69 Å². The summed E-state index contributed by atoms with van der Waals surface area (Å²) in [4.78, 5) is 22.5. The summed E-state index contributed by atoms with van der Waals surface area (Å²) in [5.74, 6) is 0.334. The molecule has 0 aliphatic carbocycles.